The molecule has 1 fully saturated rings. The molecular weight excluding hydrogens is 471 g/mol. The number of nitrogens with one attached hydrogen (secondary N) is 3. The van der Waals surface area contributed by atoms with Crippen LogP contribution in [0.25, 0.3) is 33.7 Å². The first-order chi connectivity index (χ1) is 16.7. The highest BCUT2D eigenvalue weighted by molar-refractivity contribution is 7.92. The maximum Gasteiger partial charge on any atom is 0.321 e. The molecule has 1 saturated heterocycles. The lowest BCUT2D eigenvalue weighted by Crippen LogP contribution is -2.32. The summed E-state index contributed by atoms with van der Waals surface area (Å²) in [4.78, 5) is 26.0. The predicted molar refractivity (Wildman–Crippen MR) is 133 cm³/mol. The molecule has 0 bridgehead atoms. The van der Waals surface area contributed by atoms with Gasteiger partial charge in [0.15, 0.2) is 5.65 Å². The van der Waals surface area contributed by atoms with Crippen molar-refractivity contribution in [3.63, 3.8) is 0 Å². The van der Waals surface area contributed by atoms with Crippen LogP contribution in [-0.4, -0.2) is 53.6 Å². The number of aromatic nitrogens is 3. The molecule has 0 unspecified atom stereocenters. The highest BCUT2D eigenvalue weighted by Crippen LogP contribution is 2.29. The standard InChI is InChI=1S/C24H23FN6O3S/c1-35(33,34)30-18-6-4-5-15(11-18)16-12-21-23(26-14-16)29-22(28-21)19-13-17(7-8-20(19)25)27-24(32)31-9-2-3-10-31/h4-8,11-14,30H,2-3,9-10H2,1H3,(H,27,32)(H,26,28,29). The molecule has 0 aliphatic carbocycles. The van der Waals surface area contributed by atoms with E-state index in [0.29, 0.717) is 35.6 Å². The molecule has 3 N–H and O–H groups in total. The molecule has 2 amide bonds. The number of pyridine rings is 1. The Hall–Kier alpha value is -3.99. The Bertz CT molecular complexity index is 1530. The van der Waals surface area contributed by atoms with Crippen molar-refractivity contribution in [2.45, 2.75) is 12.8 Å². The van der Waals surface area contributed by atoms with Crippen molar-refractivity contribution in [2.75, 3.05) is 29.4 Å². The number of nitrogens with zero attached hydrogens (tertiary/aromatic N) is 3. The van der Waals surface area contributed by atoms with E-state index in [4.69, 9.17) is 0 Å². The van der Waals surface area contributed by atoms with Crippen LogP contribution in [0.1, 0.15) is 12.8 Å². The third-order valence-electron chi connectivity index (χ3n) is 5.70. The van der Waals surface area contributed by atoms with E-state index in [-0.39, 0.29) is 17.4 Å². The van der Waals surface area contributed by atoms with Crippen LogP contribution >= 0.6 is 0 Å². The van der Waals surface area contributed by atoms with Crippen molar-refractivity contribution in [1.29, 1.82) is 0 Å². The molecule has 1 aliphatic heterocycles. The third-order valence-corrected chi connectivity index (χ3v) is 6.31. The first-order valence-electron chi connectivity index (χ1n) is 11.0. The first kappa shape index (κ1) is 22.8. The summed E-state index contributed by atoms with van der Waals surface area (Å²) in [5, 5.41) is 2.82. The van der Waals surface area contributed by atoms with Gasteiger partial charge < -0.3 is 15.2 Å². The molecule has 4 aromatic rings. The number of hydrogen-bond donors (Lipinski definition) is 3. The Morgan fingerprint density at radius 3 is 2.63 bits per heavy atom. The fourth-order valence-electron chi connectivity index (χ4n) is 4.07. The van der Waals surface area contributed by atoms with E-state index in [1.54, 1.807) is 35.4 Å². The fourth-order valence-corrected chi connectivity index (χ4v) is 4.62. The number of halogens is 1. The molecule has 0 spiro atoms. The number of sulfonamides is 1. The second-order valence-electron chi connectivity index (χ2n) is 8.45. The van der Waals surface area contributed by atoms with Crippen molar-refractivity contribution < 1.29 is 17.6 Å². The van der Waals surface area contributed by atoms with Crippen LogP contribution in [0.15, 0.2) is 54.7 Å². The SMILES string of the molecule is CS(=O)(=O)Nc1cccc(-c2cnc3nc(-c4cc(NC(=O)N5CCCC5)ccc4F)[nH]c3c2)c1. The van der Waals surface area contributed by atoms with Gasteiger partial charge in [0.1, 0.15) is 11.6 Å². The summed E-state index contributed by atoms with van der Waals surface area (Å²) < 4.78 is 40.2. The minimum Gasteiger partial charge on any atom is -0.336 e. The normalized spacial score (nSPS) is 13.8. The number of aromatic amines is 1. The summed E-state index contributed by atoms with van der Waals surface area (Å²) in [6, 6.07) is 12.9. The van der Waals surface area contributed by atoms with Gasteiger partial charge in [-0.2, -0.15) is 0 Å². The second-order valence-corrected chi connectivity index (χ2v) is 10.2. The molecular formula is C24H23FN6O3S. The number of rotatable bonds is 5. The molecule has 11 heteroatoms. The van der Waals surface area contributed by atoms with Gasteiger partial charge in [-0.1, -0.05) is 12.1 Å². The lowest BCUT2D eigenvalue weighted by molar-refractivity contribution is 0.222. The third kappa shape index (κ3) is 5.09. The topological polar surface area (TPSA) is 120 Å². The number of fused-ring (bicyclic) bond motifs is 1. The number of benzene rings is 2. The van der Waals surface area contributed by atoms with E-state index in [9.17, 15) is 17.6 Å². The molecule has 3 heterocycles. The highest BCUT2D eigenvalue weighted by atomic mass is 32.2. The molecule has 0 atom stereocenters. The van der Waals surface area contributed by atoms with Gasteiger partial charge >= 0.3 is 6.03 Å². The van der Waals surface area contributed by atoms with Gasteiger partial charge in [-0.25, -0.2) is 27.6 Å². The molecule has 1 aliphatic rings. The van der Waals surface area contributed by atoms with Crippen molar-refractivity contribution in [3.8, 4) is 22.5 Å². The smallest absolute Gasteiger partial charge is 0.321 e. The van der Waals surface area contributed by atoms with E-state index in [1.807, 2.05) is 12.1 Å². The molecule has 2 aromatic carbocycles. The first-order valence-corrected chi connectivity index (χ1v) is 12.9. The Morgan fingerprint density at radius 1 is 1.06 bits per heavy atom. The van der Waals surface area contributed by atoms with Crippen LogP contribution in [0.4, 0.5) is 20.6 Å². The Labute approximate surface area is 201 Å². The van der Waals surface area contributed by atoms with Gasteiger partial charge in [-0.3, -0.25) is 4.72 Å². The van der Waals surface area contributed by atoms with Crippen molar-refractivity contribution in [3.05, 3.63) is 60.5 Å². The van der Waals surface area contributed by atoms with Gasteiger partial charge in [0.05, 0.1) is 17.3 Å². The van der Waals surface area contributed by atoms with Gasteiger partial charge in [0.25, 0.3) is 0 Å². The Morgan fingerprint density at radius 2 is 1.86 bits per heavy atom. The number of H-pyrrole nitrogens is 1. The van der Waals surface area contributed by atoms with Gasteiger partial charge in [0.2, 0.25) is 10.0 Å². The van der Waals surface area contributed by atoms with Gasteiger partial charge in [-0.15, -0.1) is 0 Å². The molecule has 0 saturated carbocycles. The van der Waals surface area contributed by atoms with Crippen LogP contribution in [-0.2, 0) is 10.0 Å². The lowest BCUT2D eigenvalue weighted by Gasteiger charge is -2.16. The number of hydrogen-bond acceptors (Lipinski definition) is 5. The average molecular weight is 495 g/mol. The average Bonchev–Trinajstić information content (AvgIpc) is 3.49. The van der Waals surface area contributed by atoms with Crippen LogP contribution in [0.3, 0.4) is 0 Å². The van der Waals surface area contributed by atoms with Crippen LogP contribution < -0.4 is 10.0 Å². The van der Waals surface area contributed by atoms with Gasteiger partial charge in [-0.05, 0) is 54.8 Å². The van der Waals surface area contributed by atoms with Gasteiger partial charge in [0, 0.05) is 36.2 Å². The monoisotopic (exact) mass is 494 g/mol. The number of likely N-dealkylation sites (tertiary alicyclic amines) is 1. The van der Waals surface area contributed by atoms with Crippen molar-refractivity contribution in [1.82, 2.24) is 19.9 Å². The van der Waals surface area contributed by atoms with E-state index in [1.165, 1.54) is 12.1 Å². The molecule has 0 radical (unpaired) electrons. The molecule has 5 rings (SSSR count). The Balaban J connectivity index is 1.44. The predicted octanol–water partition coefficient (Wildman–Crippen LogP) is 4.43. The molecule has 35 heavy (non-hydrogen) atoms. The van der Waals surface area contributed by atoms with E-state index in [0.717, 1.165) is 30.2 Å². The minimum atomic E-state index is -3.40. The van der Waals surface area contributed by atoms with E-state index >= 15 is 0 Å². The summed E-state index contributed by atoms with van der Waals surface area (Å²) in [6.07, 6.45) is 4.67. The molecule has 2 aromatic heterocycles. The summed E-state index contributed by atoms with van der Waals surface area (Å²) in [6.45, 7) is 1.43. The second kappa shape index (κ2) is 8.99. The Kier molecular flexibility index (Phi) is 5.85. The molecule has 180 valence electrons. The minimum absolute atomic E-state index is 0.205. The number of anilines is 2. The number of imidazole rings is 1. The zero-order chi connectivity index (χ0) is 24.6. The number of amides is 2. The zero-order valence-corrected chi connectivity index (χ0v) is 19.7. The summed E-state index contributed by atoms with van der Waals surface area (Å²) in [5.41, 5.74) is 3.60. The number of carbonyl (C=O) groups excluding carboxylic acids is 1. The van der Waals surface area contributed by atoms with Crippen LogP contribution in [0.2, 0.25) is 0 Å². The maximum atomic E-state index is 14.7. The maximum absolute atomic E-state index is 14.7. The summed E-state index contributed by atoms with van der Waals surface area (Å²) in [7, 11) is -3.40. The zero-order valence-electron chi connectivity index (χ0n) is 18.9. The van der Waals surface area contributed by atoms with Crippen molar-refractivity contribution in [2.24, 2.45) is 0 Å². The largest absolute Gasteiger partial charge is 0.336 e. The number of carbonyl (C=O) groups is 1. The van der Waals surface area contributed by atoms with E-state index < -0.39 is 15.8 Å². The van der Waals surface area contributed by atoms with Crippen LogP contribution in [0, 0.1) is 5.82 Å². The van der Waals surface area contributed by atoms with Crippen LogP contribution in [0.5, 0.6) is 0 Å². The lowest BCUT2D eigenvalue weighted by atomic mass is 10.1. The fraction of sp³-hybridized carbons (Fsp3) is 0.208. The molecule has 9 nitrogen and oxygen atoms in total. The summed E-state index contributed by atoms with van der Waals surface area (Å²) >= 11 is 0. The highest BCUT2D eigenvalue weighted by Gasteiger charge is 2.19. The van der Waals surface area contributed by atoms with Crippen molar-refractivity contribution >= 4 is 38.6 Å². The van der Waals surface area contributed by atoms with E-state index in [2.05, 4.69) is 25.0 Å². The number of urea groups is 1. The quantitative estimate of drug-likeness (QED) is 0.379. The summed E-state index contributed by atoms with van der Waals surface area (Å²) in [5.74, 6) is -0.199.